The van der Waals surface area contributed by atoms with E-state index in [-0.39, 0.29) is 0 Å². The third kappa shape index (κ3) is 2.64. The van der Waals surface area contributed by atoms with Crippen LogP contribution in [0.3, 0.4) is 0 Å². The molecule has 0 amide bonds. The van der Waals surface area contributed by atoms with Crippen LogP contribution >= 0.6 is 0 Å². The smallest absolute Gasteiger partial charge is 0.150 e. The molecule has 2 aromatic carbocycles. The van der Waals surface area contributed by atoms with Gasteiger partial charge in [0, 0.05) is 10.9 Å². The molecule has 0 bridgehead atoms. The first kappa shape index (κ1) is 11.6. The van der Waals surface area contributed by atoms with Crippen molar-refractivity contribution in [2.75, 3.05) is 6.61 Å². The molecule has 0 unspecified atom stereocenters. The second kappa shape index (κ2) is 5.48. The molecule has 0 heterocycles. The number of carbonyl (C=O) groups is 1. The summed E-state index contributed by atoms with van der Waals surface area (Å²) >= 11 is 0. The van der Waals surface area contributed by atoms with Crippen molar-refractivity contribution < 1.29 is 9.53 Å². The second-order valence-electron chi connectivity index (χ2n) is 4.06. The van der Waals surface area contributed by atoms with Gasteiger partial charge in [-0.3, -0.25) is 4.79 Å². The number of aldehydes is 1. The predicted molar refractivity (Wildman–Crippen MR) is 69.7 cm³/mol. The van der Waals surface area contributed by atoms with E-state index in [0.29, 0.717) is 5.56 Å². The van der Waals surface area contributed by atoms with Crippen molar-refractivity contribution in [3.05, 3.63) is 42.0 Å². The molecule has 0 spiro atoms. The minimum atomic E-state index is 0.697. The number of ether oxygens (including phenoxy) is 1. The van der Waals surface area contributed by atoms with Gasteiger partial charge in [-0.15, -0.1) is 0 Å². The van der Waals surface area contributed by atoms with Gasteiger partial charge < -0.3 is 4.74 Å². The molecule has 0 aliphatic heterocycles. The van der Waals surface area contributed by atoms with Crippen LogP contribution in [0.25, 0.3) is 10.8 Å². The highest BCUT2D eigenvalue weighted by Crippen LogP contribution is 2.26. The third-order valence-corrected chi connectivity index (χ3v) is 2.76. The van der Waals surface area contributed by atoms with Crippen LogP contribution in [-0.4, -0.2) is 12.9 Å². The molecule has 0 atom stereocenters. The van der Waals surface area contributed by atoms with Gasteiger partial charge in [-0.1, -0.05) is 31.5 Å². The van der Waals surface area contributed by atoms with Gasteiger partial charge in [-0.2, -0.15) is 0 Å². The van der Waals surface area contributed by atoms with E-state index in [9.17, 15) is 4.79 Å². The summed E-state index contributed by atoms with van der Waals surface area (Å²) in [6.45, 7) is 2.88. The molecule has 17 heavy (non-hydrogen) atoms. The van der Waals surface area contributed by atoms with E-state index in [1.165, 1.54) is 0 Å². The van der Waals surface area contributed by atoms with E-state index in [1.54, 1.807) is 0 Å². The van der Waals surface area contributed by atoms with Gasteiger partial charge in [0.05, 0.1) is 6.61 Å². The Morgan fingerprint density at radius 1 is 1.24 bits per heavy atom. The van der Waals surface area contributed by atoms with Crippen LogP contribution in [0, 0.1) is 0 Å². The number of fused-ring (bicyclic) bond motifs is 1. The van der Waals surface area contributed by atoms with E-state index in [0.717, 1.165) is 42.3 Å². The Morgan fingerprint density at radius 2 is 2.12 bits per heavy atom. The molecule has 0 radical (unpaired) electrons. The zero-order chi connectivity index (χ0) is 12.1. The van der Waals surface area contributed by atoms with E-state index in [2.05, 4.69) is 6.92 Å². The van der Waals surface area contributed by atoms with E-state index in [1.807, 2.05) is 36.4 Å². The fourth-order valence-electron chi connectivity index (χ4n) is 1.80. The Morgan fingerprint density at radius 3 is 2.88 bits per heavy atom. The van der Waals surface area contributed by atoms with Gasteiger partial charge in [-0.25, -0.2) is 0 Å². The lowest BCUT2D eigenvalue weighted by molar-refractivity contribution is 0.112. The standard InChI is InChI=1S/C15H16O2/c1-2-3-9-17-15-6-4-5-13-10-12(11-16)7-8-14(13)15/h4-8,10-11H,2-3,9H2,1H3. The highest BCUT2D eigenvalue weighted by Gasteiger charge is 2.02. The Kier molecular flexibility index (Phi) is 3.76. The van der Waals surface area contributed by atoms with Crippen molar-refractivity contribution >= 4 is 17.1 Å². The number of rotatable bonds is 5. The zero-order valence-corrected chi connectivity index (χ0v) is 9.98. The van der Waals surface area contributed by atoms with Gasteiger partial charge in [0.1, 0.15) is 12.0 Å². The van der Waals surface area contributed by atoms with E-state index in [4.69, 9.17) is 4.74 Å². The van der Waals surface area contributed by atoms with Crippen molar-refractivity contribution in [2.45, 2.75) is 19.8 Å². The number of hydrogen-bond donors (Lipinski definition) is 0. The topological polar surface area (TPSA) is 26.3 Å². The van der Waals surface area contributed by atoms with Crippen LogP contribution in [0.4, 0.5) is 0 Å². The highest BCUT2D eigenvalue weighted by atomic mass is 16.5. The van der Waals surface area contributed by atoms with Crippen molar-refractivity contribution in [3.63, 3.8) is 0 Å². The summed E-state index contributed by atoms with van der Waals surface area (Å²) in [4.78, 5) is 10.7. The van der Waals surface area contributed by atoms with E-state index < -0.39 is 0 Å². The van der Waals surface area contributed by atoms with Gasteiger partial charge >= 0.3 is 0 Å². The fraction of sp³-hybridized carbons (Fsp3) is 0.267. The lowest BCUT2D eigenvalue weighted by Gasteiger charge is -2.09. The first-order valence-electron chi connectivity index (χ1n) is 5.96. The average molecular weight is 228 g/mol. The molecule has 0 fully saturated rings. The molecule has 2 heteroatoms. The molecule has 2 nitrogen and oxygen atoms in total. The maximum absolute atomic E-state index is 10.7. The molecule has 0 aromatic heterocycles. The first-order chi connectivity index (χ1) is 8.35. The Balaban J connectivity index is 2.33. The van der Waals surface area contributed by atoms with Crippen LogP contribution in [0.15, 0.2) is 36.4 Å². The van der Waals surface area contributed by atoms with E-state index >= 15 is 0 Å². The molecular formula is C15H16O2. The normalized spacial score (nSPS) is 10.4. The predicted octanol–water partition coefficient (Wildman–Crippen LogP) is 3.83. The molecule has 0 aliphatic carbocycles. The molecule has 2 rings (SSSR count). The zero-order valence-electron chi connectivity index (χ0n) is 9.98. The average Bonchev–Trinajstić information content (AvgIpc) is 2.38. The summed E-state index contributed by atoms with van der Waals surface area (Å²) in [6, 6.07) is 11.6. The lowest BCUT2D eigenvalue weighted by Crippen LogP contribution is -1.97. The number of unbranched alkanes of at least 4 members (excludes halogenated alkanes) is 1. The number of carbonyl (C=O) groups excluding carboxylic acids is 1. The lowest BCUT2D eigenvalue weighted by atomic mass is 10.1. The molecule has 0 aliphatic rings. The Bertz CT molecular complexity index is 517. The van der Waals surface area contributed by atoms with Gasteiger partial charge in [0.25, 0.3) is 0 Å². The van der Waals surface area contributed by atoms with Crippen LogP contribution in [0.2, 0.25) is 0 Å². The summed E-state index contributed by atoms with van der Waals surface area (Å²) in [5.41, 5.74) is 0.697. The fourth-order valence-corrected chi connectivity index (χ4v) is 1.80. The first-order valence-corrected chi connectivity index (χ1v) is 5.96. The number of benzene rings is 2. The quantitative estimate of drug-likeness (QED) is 0.574. The van der Waals surface area contributed by atoms with Gasteiger partial charge in [-0.05, 0) is 30.0 Å². The largest absolute Gasteiger partial charge is 0.493 e. The minimum absolute atomic E-state index is 0.697. The number of hydrogen-bond acceptors (Lipinski definition) is 2. The van der Waals surface area contributed by atoms with Crippen molar-refractivity contribution in [1.82, 2.24) is 0 Å². The van der Waals surface area contributed by atoms with Gasteiger partial charge in [0.2, 0.25) is 0 Å². The monoisotopic (exact) mass is 228 g/mol. The van der Waals surface area contributed by atoms with Crippen LogP contribution < -0.4 is 4.74 Å². The molecule has 0 saturated carbocycles. The third-order valence-electron chi connectivity index (χ3n) is 2.76. The minimum Gasteiger partial charge on any atom is -0.493 e. The second-order valence-corrected chi connectivity index (χ2v) is 4.06. The van der Waals surface area contributed by atoms with Crippen LogP contribution in [0.5, 0.6) is 5.75 Å². The van der Waals surface area contributed by atoms with Crippen molar-refractivity contribution in [1.29, 1.82) is 0 Å². The SMILES string of the molecule is CCCCOc1cccc2cc(C=O)ccc12. The Hall–Kier alpha value is -1.83. The maximum atomic E-state index is 10.7. The summed E-state index contributed by atoms with van der Waals surface area (Å²) in [5, 5.41) is 2.11. The summed E-state index contributed by atoms with van der Waals surface area (Å²) in [6.07, 6.45) is 3.05. The van der Waals surface area contributed by atoms with Crippen LogP contribution in [-0.2, 0) is 0 Å². The highest BCUT2D eigenvalue weighted by molar-refractivity contribution is 5.92. The maximum Gasteiger partial charge on any atom is 0.150 e. The summed E-state index contributed by atoms with van der Waals surface area (Å²) in [5.74, 6) is 0.897. The molecule has 0 saturated heterocycles. The van der Waals surface area contributed by atoms with Crippen LogP contribution in [0.1, 0.15) is 30.1 Å². The van der Waals surface area contributed by atoms with Crippen molar-refractivity contribution in [2.24, 2.45) is 0 Å². The molecule has 2 aromatic rings. The molecule has 0 N–H and O–H groups in total. The van der Waals surface area contributed by atoms with Gasteiger partial charge in [0.15, 0.2) is 0 Å². The summed E-state index contributed by atoms with van der Waals surface area (Å²) < 4.78 is 5.74. The summed E-state index contributed by atoms with van der Waals surface area (Å²) in [7, 11) is 0. The molecular weight excluding hydrogens is 212 g/mol. The molecule has 88 valence electrons. The Labute approximate surface area is 101 Å². The van der Waals surface area contributed by atoms with Crippen molar-refractivity contribution in [3.8, 4) is 5.75 Å².